The van der Waals surface area contributed by atoms with Gasteiger partial charge in [-0.25, -0.2) is 0 Å². The van der Waals surface area contributed by atoms with Crippen LogP contribution in [0.4, 0.5) is 17.1 Å². The molecule has 0 N–H and O–H groups in total. The van der Waals surface area contributed by atoms with E-state index in [1.54, 1.807) is 0 Å². The minimum absolute atomic E-state index is 0.0108. The smallest absolute Gasteiger partial charge is 0.212 e. The summed E-state index contributed by atoms with van der Waals surface area (Å²) in [5.74, 6) is 0. The van der Waals surface area contributed by atoms with Gasteiger partial charge in [0.25, 0.3) is 0 Å². The Hall–Kier alpha value is -7.62. The first-order valence-corrected chi connectivity index (χ1v) is 25.0. The van der Waals surface area contributed by atoms with Crippen molar-refractivity contribution >= 4 is 78.2 Å². The molecule has 12 rings (SSSR count). The van der Waals surface area contributed by atoms with Crippen LogP contribution in [0.2, 0.25) is 6.82 Å². The fourth-order valence-electron chi connectivity index (χ4n) is 11.6. The second-order valence-electron chi connectivity index (χ2n) is 21.8. The highest BCUT2D eigenvalue weighted by molar-refractivity contribution is 6.89. The van der Waals surface area contributed by atoms with Crippen LogP contribution in [-0.4, -0.2) is 6.71 Å². The van der Waals surface area contributed by atoms with Crippen LogP contribution in [0.3, 0.4) is 0 Å². The maximum Gasteiger partial charge on any atom is 0.212 e. The van der Waals surface area contributed by atoms with Crippen LogP contribution >= 0.6 is 0 Å². The maximum atomic E-state index is 7.05. The molecule has 0 fully saturated rings. The predicted molar refractivity (Wildman–Crippen MR) is 303 cm³/mol. The average Bonchev–Trinajstić information content (AvgIpc) is 3.73. The highest BCUT2D eigenvalue weighted by atomic mass is 16.3. The summed E-state index contributed by atoms with van der Waals surface area (Å²) in [5.41, 5.74) is 22.8. The second kappa shape index (κ2) is 16.2. The Bertz CT molecular complexity index is 3850. The van der Waals surface area contributed by atoms with E-state index in [-0.39, 0.29) is 17.5 Å². The minimum atomic E-state index is -0.0981. The summed E-state index contributed by atoms with van der Waals surface area (Å²) in [6.07, 6.45) is 0. The van der Waals surface area contributed by atoms with Crippen molar-refractivity contribution in [1.82, 2.24) is 0 Å². The van der Waals surface area contributed by atoms with Crippen molar-refractivity contribution in [2.45, 2.75) is 73.0 Å². The topological polar surface area (TPSA) is 16.4 Å². The molecule has 1 aliphatic heterocycles. The number of rotatable bonds is 5. The number of nitrogens with zero attached hydrogens (tertiary/aromatic N) is 1. The SMILES string of the molecule is CB1c2cc3c(-c4ccccc4)c4ccccc4c(-c4ccccc4)c3cc2N(c2cc(C(C)(C)C)cc(C(C)(C)C)c2)c2cc3oc4ccccc4c3c(-c3cccc(-c4ccccc4C)c3C)c21. The Kier molecular flexibility index (Phi) is 10.1. The van der Waals surface area contributed by atoms with E-state index in [1.165, 1.54) is 105 Å². The summed E-state index contributed by atoms with van der Waals surface area (Å²) in [5, 5.41) is 7.29. The van der Waals surface area contributed by atoms with Crippen LogP contribution < -0.4 is 15.8 Å². The van der Waals surface area contributed by atoms with E-state index in [2.05, 4.69) is 255 Å². The molecule has 0 unspecified atom stereocenters. The molecular weight excluding hydrogens is 846 g/mol. The highest BCUT2D eigenvalue weighted by Crippen LogP contribution is 2.50. The fraction of sp³-hybridized carbons (Fsp3) is 0.164. The van der Waals surface area contributed by atoms with E-state index in [1.807, 2.05) is 0 Å². The Morgan fingerprint density at radius 1 is 0.429 bits per heavy atom. The Balaban J connectivity index is 1.28. The molecule has 2 nitrogen and oxygen atoms in total. The van der Waals surface area contributed by atoms with Gasteiger partial charge < -0.3 is 9.32 Å². The van der Waals surface area contributed by atoms with Crippen molar-refractivity contribution in [3.05, 3.63) is 210 Å². The number of para-hydroxylation sites is 1. The maximum absolute atomic E-state index is 7.05. The molecule has 1 aliphatic rings. The molecule has 2 heterocycles. The van der Waals surface area contributed by atoms with Crippen molar-refractivity contribution in [2.24, 2.45) is 0 Å². The molecular formula is C67H58BNO. The zero-order valence-electron chi connectivity index (χ0n) is 41.8. The van der Waals surface area contributed by atoms with Gasteiger partial charge in [-0.1, -0.05) is 212 Å². The summed E-state index contributed by atoms with van der Waals surface area (Å²) in [6.45, 7) is 21.0. The summed E-state index contributed by atoms with van der Waals surface area (Å²) in [4.78, 5) is 2.61. The fourth-order valence-corrected chi connectivity index (χ4v) is 11.6. The van der Waals surface area contributed by atoms with Crippen LogP contribution in [0, 0.1) is 13.8 Å². The molecule has 0 bridgehead atoms. The van der Waals surface area contributed by atoms with Gasteiger partial charge in [0.05, 0.1) is 0 Å². The standard InChI is InChI=1S/C67H58BNO/c1-41-23-16-17-28-48(41)49-32-22-33-50(42(49)2)64-63-53-31-20-21-34-59(53)70-60(63)40-58-65(64)68(9)56-38-54-55(39-57(56)69(58)47-36-45(66(3,4)5)35-46(37-47)67(6,7)8)62(44-26-14-11-15-27-44)52-30-19-18-29-51(52)61(54)43-24-12-10-13-25-43/h10-40H,1-9H3. The lowest BCUT2D eigenvalue weighted by Gasteiger charge is -2.39. The molecule has 0 saturated heterocycles. The summed E-state index contributed by atoms with van der Waals surface area (Å²) < 4.78 is 7.05. The molecule has 0 radical (unpaired) electrons. The van der Waals surface area contributed by atoms with Gasteiger partial charge in [-0.2, -0.15) is 0 Å². The van der Waals surface area contributed by atoms with Crippen LogP contribution in [-0.2, 0) is 10.8 Å². The predicted octanol–water partition coefficient (Wildman–Crippen LogP) is 17.8. The molecule has 3 heteroatoms. The largest absolute Gasteiger partial charge is 0.456 e. The molecule has 1 aromatic heterocycles. The average molecular weight is 904 g/mol. The van der Waals surface area contributed by atoms with Gasteiger partial charge in [-0.3, -0.25) is 0 Å². The molecule has 0 aliphatic carbocycles. The van der Waals surface area contributed by atoms with Gasteiger partial charge in [-0.05, 0) is 143 Å². The number of fused-ring (bicyclic) bond motifs is 7. The van der Waals surface area contributed by atoms with Gasteiger partial charge in [0.2, 0.25) is 6.71 Å². The first-order chi connectivity index (χ1) is 33.8. The third kappa shape index (κ3) is 6.92. The lowest BCUT2D eigenvalue weighted by molar-refractivity contribution is 0.569. The van der Waals surface area contributed by atoms with E-state index in [9.17, 15) is 0 Å². The van der Waals surface area contributed by atoms with Crippen molar-refractivity contribution in [3.8, 4) is 44.5 Å². The number of anilines is 3. The number of hydrogen-bond acceptors (Lipinski definition) is 2. The summed E-state index contributed by atoms with van der Waals surface area (Å²) in [7, 11) is 0. The van der Waals surface area contributed by atoms with Gasteiger partial charge in [0, 0.05) is 33.9 Å². The lowest BCUT2D eigenvalue weighted by Crippen LogP contribution is -2.49. The first kappa shape index (κ1) is 43.7. The third-order valence-electron chi connectivity index (χ3n) is 15.3. The van der Waals surface area contributed by atoms with E-state index in [0.29, 0.717) is 0 Å². The summed E-state index contributed by atoms with van der Waals surface area (Å²) >= 11 is 0. The van der Waals surface area contributed by atoms with Crippen molar-refractivity contribution in [2.75, 3.05) is 4.90 Å². The second-order valence-corrected chi connectivity index (χ2v) is 21.8. The molecule has 11 aromatic rings. The first-order valence-electron chi connectivity index (χ1n) is 25.0. The van der Waals surface area contributed by atoms with Crippen molar-refractivity contribution in [3.63, 3.8) is 0 Å². The van der Waals surface area contributed by atoms with Gasteiger partial charge >= 0.3 is 0 Å². The van der Waals surface area contributed by atoms with Crippen LogP contribution in [0.25, 0.3) is 88.0 Å². The molecule has 70 heavy (non-hydrogen) atoms. The molecule has 0 amide bonds. The molecule has 0 atom stereocenters. The van der Waals surface area contributed by atoms with Gasteiger partial charge in [0.15, 0.2) is 0 Å². The summed E-state index contributed by atoms with van der Waals surface area (Å²) in [6, 6.07) is 70.3. The zero-order valence-corrected chi connectivity index (χ0v) is 41.8. The number of benzene rings is 10. The van der Waals surface area contributed by atoms with Crippen molar-refractivity contribution in [1.29, 1.82) is 0 Å². The normalized spacial score (nSPS) is 12.9. The van der Waals surface area contributed by atoms with Crippen molar-refractivity contribution < 1.29 is 4.42 Å². The van der Waals surface area contributed by atoms with Gasteiger partial charge in [0.1, 0.15) is 11.2 Å². The van der Waals surface area contributed by atoms with E-state index in [4.69, 9.17) is 4.42 Å². The van der Waals surface area contributed by atoms with E-state index < -0.39 is 0 Å². The molecule has 0 saturated carbocycles. The Morgan fingerprint density at radius 3 is 1.57 bits per heavy atom. The van der Waals surface area contributed by atoms with Crippen LogP contribution in [0.5, 0.6) is 0 Å². The van der Waals surface area contributed by atoms with Crippen LogP contribution in [0.1, 0.15) is 63.8 Å². The lowest BCUT2D eigenvalue weighted by atomic mass is 9.39. The number of hydrogen-bond donors (Lipinski definition) is 0. The molecule has 10 aromatic carbocycles. The highest BCUT2D eigenvalue weighted by Gasteiger charge is 2.38. The monoisotopic (exact) mass is 903 g/mol. The van der Waals surface area contributed by atoms with E-state index in [0.717, 1.165) is 33.3 Å². The van der Waals surface area contributed by atoms with Gasteiger partial charge in [-0.15, -0.1) is 0 Å². The number of furan rings is 1. The quantitative estimate of drug-likeness (QED) is 0.126. The molecule has 0 spiro atoms. The number of aryl methyl sites for hydroxylation is 1. The van der Waals surface area contributed by atoms with Crippen LogP contribution in [0.15, 0.2) is 192 Å². The molecule has 340 valence electrons. The van der Waals surface area contributed by atoms with E-state index >= 15 is 0 Å². The third-order valence-corrected chi connectivity index (χ3v) is 15.3. The Morgan fingerprint density at radius 2 is 0.957 bits per heavy atom. The minimum Gasteiger partial charge on any atom is -0.456 e. The Labute approximate surface area is 413 Å². The zero-order chi connectivity index (χ0) is 48.2.